The van der Waals surface area contributed by atoms with Gasteiger partial charge in [-0.25, -0.2) is 4.98 Å². The molecule has 0 aromatic carbocycles. The Hall–Kier alpha value is -1.27. The van der Waals surface area contributed by atoms with Crippen LogP contribution in [-0.2, 0) is 0 Å². The fraction of sp³-hybridized carbons (Fsp3) is 0.286. The summed E-state index contributed by atoms with van der Waals surface area (Å²) in [4.78, 5) is 7.98. The Morgan fingerprint density at radius 3 is 3.00 bits per heavy atom. The molecule has 68 valence electrons. The minimum absolute atomic E-state index is 0.211. The molecular weight excluding hydrogens is 190 g/mol. The molecule has 1 N–H and O–H groups in total. The first-order valence-corrected chi connectivity index (χ1v) is 4.62. The molecule has 2 aromatic rings. The van der Waals surface area contributed by atoms with Crippen molar-refractivity contribution in [1.29, 1.82) is 0 Å². The number of nitrogens with zero attached hydrogens (tertiary/aromatic N) is 3. The molecule has 1 atom stereocenters. The average molecular weight is 197 g/mol. The fourth-order valence-corrected chi connectivity index (χ4v) is 1.36. The van der Waals surface area contributed by atoms with Crippen LogP contribution in [0.1, 0.15) is 18.9 Å². The maximum atomic E-state index is 9.12. The molecule has 0 aliphatic rings. The molecule has 2 heterocycles. The molecule has 2 aromatic heterocycles. The van der Waals surface area contributed by atoms with Crippen LogP contribution in [0.15, 0.2) is 15.4 Å². The molecule has 5 nitrogen and oxygen atoms in total. The van der Waals surface area contributed by atoms with Crippen LogP contribution in [0.5, 0.6) is 0 Å². The number of thiazole rings is 1. The van der Waals surface area contributed by atoms with E-state index < -0.39 is 6.10 Å². The van der Waals surface area contributed by atoms with E-state index in [-0.39, 0.29) is 5.89 Å². The molecule has 13 heavy (non-hydrogen) atoms. The number of aliphatic hydroxyl groups excluding tert-OH is 1. The maximum Gasteiger partial charge on any atom is 0.255 e. The van der Waals surface area contributed by atoms with Gasteiger partial charge in [-0.05, 0) is 6.92 Å². The summed E-state index contributed by atoms with van der Waals surface area (Å²) in [7, 11) is 0. The Balaban J connectivity index is 2.33. The number of aromatic nitrogens is 3. The summed E-state index contributed by atoms with van der Waals surface area (Å²) in [5.74, 6) is 0.625. The molecule has 0 spiro atoms. The van der Waals surface area contributed by atoms with Crippen LogP contribution in [0.25, 0.3) is 11.5 Å². The lowest BCUT2D eigenvalue weighted by atomic mass is 10.4. The largest absolute Gasteiger partial charge is 0.384 e. The second kappa shape index (κ2) is 3.23. The van der Waals surface area contributed by atoms with Gasteiger partial charge in [-0.15, -0.1) is 11.3 Å². The SMILES string of the molecule is CC(O)c1nc(-c2cscn2)no1. The van der Waals surface area contributed by atoms with E-state index in [4.69, 9.17) is 9.63 Å². The lowest BCUT2D eigenvalue weighted by Gasteiger charge is -1.91. The average Bonchev–Trinajstić information content (AvgIpc) is 2.75. The summed E-state index contributed by atoms with van der Waals surface area (Å²) >= 11 is 1.46. The molecule has 0 radical (unpaired) electrons. The van der Waals surface area contributed by atoms with Crippen LogP contribution in [0.3, 0.4) is 0 Å². The van der Waals surface area contributed by atoms with Crippen molar-refractivity contribution in [3.63, 3.8) is 0 Å². The minimum Gasteiger partial charge on any atom is -0.384 e. The third kappa shape index (κ3) is 1.58. The van der Waals surface area contributed by atoms with Gasteiger partial charge < -0.3 is 9.63 Å². The minimum atomic E-state index is -0.736. The molecule has 0 amide bonds. The van der Waals surface area contributed by atoms with E-state index in [1.807, 2.05) is 5.38 Å². The van der Waals surface area contributed by atoms with E-state index in [0.717, 1.165) is 0 Å². The lowest BCUT2D eigenvalue weighted by Crippen LogP contribution is -1.90. The monoisotopic (exact) mass is 197 g/mol. The summed E-state index contributed by atoms with van der Waals surface area (Å²) < 4.78 is 4.80. The molecule has 6 heteroatoms. The van der Waals surface area contributed by atoms with Crippen molar-refractivity contribution in [1.82, 2.24) is 15.1 Å². The zero-order chi connectivity index (χ0) is 9.26. The van der Waals surface area contributed by atoms with Crippen molar-refractivity contribution < 1.29 is 9.63 Å². The maximum absolute atomic E-state index is 9.12. The Morgan fingerprint density at radius 2 is 2.46 bits per heavy atom. The molecule has 1 unspecified atom stereocenters. The highest BCUT2D eigenvalue weighted by atomic mass is 32.1. The van der Waals surface area contributed by atoms with Crippen LogP contribution < -0.4 is 0 Å². The summed E-state index contributed by atoms with van der Waals surface area (Å²) in [6.45, 7) is 1.57. The standard InChI is InChI=1S/C7H7N3O2S/c1-4(11)7-9-6(10-12-7)5-2-13-3-8-5/h2-4,11H,1H3. The highest BCUT2D eigenvalue weighted by Gasteiger charge is 2.13. The first-order valence-electron chi connectivity index (χ1n) is 3.67. The van der Waals surface area contributed by atoms with Crippen molar-refractivity contribution >= 4 is 11.3 Å². The van der Waals surface area contributed by atoms with E-state index >= 15 is 0 Å². The molecule has 0 saturated carbocycles. The first-order chi connectivity index (χ1) is 6.27. The lowest BCUT2D eigenvalue weighted by molar-refractivity contribution is 0.152. The Labute approximate surface area is 78.1 Å². The highest BCUT2D eigenvalue weighted by molar-refractivity contribution is 7.07. The van der Waals surface area contributed by atoms with Crippen molar-refractivity contribution in [2.24, 2.45) is 0 Å². The summed E-state index contributed by atoms with van der Waals surface area (Å²) in [6.07, 6.45) is -0.736. The van der Waals surface area contributed by atoms with Gasteiger partial charge in [0.05, 0.1) is 5.51 Å². The van der Waals surface area contributed by atoms with Crippen LogP contribution in [0.4, 0.5) is 0 Å². The van der Waals surface area contributed by atoms with Gasteiger partial charge >= 0.3 is 0 Å². The number of hydrogen-bond donors (Lipinski definition) is 1. The van der Waals surface area contributed by atoms with Crippen molar-refractivity contribution in [3.8, 4) is 11.5 Å². The van der Waals surface area contributed by atoms with Crippen LogP contribution in [-0.4, -0.2) is 20.2 Å². The summed E-state index contributed by atoms with van der Waals surface area (Å²) in [6, 6.07) is 0. The predicted molar refractivity (Wildman–Crippen MR) is 46.0 cm³/mol. The zero-order valence-electron chi connectivity index (χ0n) is 6.84. The van der Waals surface area contributed by atoms with Gasteiger partial charge in [-0.3, -0.25) is 0 Å². The highest BCUT2D eigenvalue weighted by Crippen LogP contribution is 2.17. The van der Waals surface area contributed by atoms with Gasteiger partial charge in [0, 0.05) is 5.38 Å². The van der Waals surface area contributed by atoms with Gasteiger partial charge in [0.15, 0.2) is 0 Å². The molecular formula is C7H7N3O2S. The molecule has 0 bridgehead atoms. The zero-order valence-corrected chi connectivity index (χ0v) is 7.65. The third-order valence-corrected chi connectivity index (χ3v) is 2.05. The van der Waals surface area contributed by atoms with E-state index in [0.29, 0.717) is 11.5 Å². The van der Waals surface area contributed by atoms with Gasteiger partial charge in [0.2, 0.25) is 5.82 Å². The Bertz CT molecular complexity index is 382. The van der Waals surface area contributed by atoms with Gasteiger partial charge in [-0.1, -0.05) is 5.16 Å². The van der Waals surface area contributed by atoms with Crippen molar-refractivity contribution in [2.45, 2.75) is 13.0 Å². The van der Waals surface area contributed by atoms with Crippen molar-refractivity contribution in [3.05, 3.63) is 16.8 Å². The van der Waals surface area contributed by atoms with E-state index in [9.17, 15) is 0 Å². The molecule has 2 rings (SSSR count). The fourth-order valence-electron chi connectivity index (χ4n) is 0.832. The Morgan fingerprint density at radius 1 is 1.62 bits per heavy atom. The summed E-state index contributed by atoms with van der Waals surface area (Å²) in [5, 5.41) is 14.6. The van der Waals surface area contributed by atoms with Gasteiger partial charge in [-0.2, -0.15) is 4.98 Å². The van der Waals surface area contributed by atoms with Crippen LogP contribution in [0, 0.1) is 0 Å². The van der Waals surface area contributed by atoms with E-state index in [1.165, 1.54) is 11.3 Å². The molecule has 0 saturated heterocycles. The number of hydrogen-bond acceptors (Lipinski definition) is 6. The van der Waals surface area contributed by atoms with E-state index in [2.05, 4.69) is 15.1 Å². The molecule has 0 aliphatic heterocycles. The normalized spacial score (nSPS) is 13.1. The van der Waals surface area contributed by atoms with Crippen molar-refractivity contribution in [2.75, 3.05) is 0 Å². The summed E-state index contributed by atoms with van der Waals surface area (Å²) in [5.41, 5.74) is 2.36. The second-order valence-electron chi connectivity index (χ2n) is 2.51. The van der Waals surface area contributed by atoms with Crippen LogP contribution in [0.2, 0.25) is 0 Å². The topological polar surface area (TPSA) is 72.0 Å². The Kier molecular flexibility index (Phi) is 2.07. The molecule has 0 aliphatic carbocycles. The van der Waals surface area contributed by atoms with Crippen LogP contribution >= 0.6 is 11.3 Å². The third-order valence-electron chi connectivity index (χ3n) is 1.46. The number of rotatable bonds is 2. The van der Waals surface area contributed by atoms with Gasteiger partial charge in [0.1, 0.15) is 11.8 Å². The van der Waals surface area contributed by atoms with E-state index in [1.54, 1.807) is 12.4 Å². The van der Waals surface area contributed by atoms with Gasteiger partial charge in [0.25, 0.3) is 5.89 Å². The molecule has 0 fully saturated rings. The first kappa shape index (κ1) is 8.33. The second-order valence-corrected chi connectivity index (χ2v) is 3.22. The number of aliphatic hydroxyl groups is 1. The smallest absolute Gasteiger partial charge is 0.255 e. The predicted octanol–water partition coefficient (Wildman–Crippen LogP) is 1.25. The quantitative estimate of drug-likeness (QED) is 0.784.